The Morgan fingerprint density at radius 2 is 2.15 bits per heavy atom. The fraction of sp³-hybridized carbons (Fsp3) is 0.765. The molecule has 1 aromatic rings. The predicted molar refractivity (Wildman–Crippen MR) is 83.6 cm³/mol. The molecule has 0 aliphatic heterocycles. The summed E-state index contributed by atoms with van der Waals surface area (Å²) < 4.78 is 5.85. The maximum atomic E-state index is 5.85. The second-order valence-corrected chi connectivity index (χ2v) is 6.99. The minimum atomic E-state index is 0.678. The first-order chi connectivity index (χ1) is 9.45. The second kappa shape index (κ2) is 6.77. The van der Waals surface area contributed by atoms with Gasteiger partial charge in [-0.3, -0.25) is 0 Å². The van der Waals surface area contributed by atoms with Gasteiger partial charge in [-0.05, 0) is 50.8 Å². The highest BCUT2D eigenvalue weighted by atomic mass is 16.3. The molecular weight excluding hydrogens is 248 g/mol. The maximum Gasteiger partial charge on any atom is 0.118 e. The molecule has 114 valence electrons. The van der Waals surface area contributed by atoms with Crippen LogP contribution in [0, 0.1) is 24.7 Å². The fourth-order valence-corrected chi connectivity index (χ4v) is 2.72. The number of nitrogens with zero attached hydrogens (tertiary/aromatic N) is 1. The van der Waals surface area contributed by atoms with Gasteiger partial charge in [0, 0.05) is 18.7 Å². The van der Waals surface area contributed by atoms with Gasteiger partial charge in [0.2, 0.25) is 0 Å². The highest BCUT2D eigenvalue weighted by Crippen LogP contribution is 2.38. The molecule has 1 fully saturated rings. The van der Waals surface area contributed by atoms with E-state index in [1.807, 2.05) is 0 Å². The summed E-state index contributed by atoms with van der Waals surface area (Å²) in [6.45, 7) is 13.0. The highest BCUT2D eigenvalue weighted by molar-refractivity contribution is 5.20. The Bertz CT molecular complexity index is 425. The van der Waals surface area contributed by atoms with Gasteiger partial charge in [-0.15, -0.1) is 0 Å². The monoisotopic (exact) mass is 278 g/mol. The Kier molecular flexibility index (Phi) is 5.28. The third-order valence-electron chi connectivity index (χ3n) is 4.19. The summed E-state index contributed by atoms with van der Waals surface area (Å²) in [7, 11) is 2.22. The molecule has 20 heavy (non-hydrogen) atoms. The summed E-state index contributed by atoms with van der Waals surface area (Å²) in [5.74, 6) is 4.66. The minimum absolute atomic E-state index is 0.678. The van der Waals surface area contributed by atoms with Crippen LogP contribution in [0.3, 0.4) is 0 Å². The largest absolute Gasteiger partial charge is 0.465 e. The van der Waals surface area contributed by atoms with Crippen molar-refractivity contribution in [3.05, 3.63) is 23.2 Å². The van der Waals surface area contributed by atoms with Gasteiger partial charge < -0.3 is 14.6 Å². The minimum Gasteiger partial charge on any atom is -0.465 e. The van der Waals surface area contributed by atoms with Crippen molar-refractivity contribution >= 4 is 0 Å². The number of aryl methyl sites for hydroxylation is 1. The van der Waals surface area contributed by atoms with Crippen LogP contribution in [-0.4, -0.2) is 25.0 Å². The predicted octanol–water partition coefficient (Wildman–Crippen LogP) is 3.42. The summed E-state index contributed by atoms with van der Waals surface area (Å²) >= 11 is 0. The number of hydrogen-bond donors (Lipinski definition) is 1. The molecule has 1 N–H and O–H groups in total. The van der Waals surface area contributed by atoms with E-state index in [1.54, 1.807) is 0 Å². The lowest BCUT2D eigenvalue weighted by molar-refractivity contribution is 0.305. The van der Waals surface area contributed by atoms with Crippen molar-refractivity contribution in [2.24, 2.45) is 17.8 Å². The van der Waals surface area contributed by atoms with Crippen LogP contribution in [-0.2, 0) is 13.1 Å². The molecule has 1 aromatic heterocycles. The average Bonchev–Trinajstić information content (AvgIpc) is 2.91. The molecule has 3 nitrogen and oxygen atoms in total. The van der Waals surface area contributed by atoms with E-state index in [1.165, 1.54) is 18.5 Å². The lowest BCUT2D eigenvalue weighted by Gasteiger charge is -2.15. The van der Waals surface area contributed by atoms with Crippen molar-refractivity contribution in [2.45, 2.75) is 47.2 Å². The summed E-state index contributed by atoms with van der Waals surface area (Å²) in [5, 5.41) is 3.44. The Morgan fingerprint density at radius 3 is 2.75 bits per heavy atom. The molecule has 1 aliphatic carbocycles. The first-order valence-corrected chi connectivity index (χ1v) is 7.93. The number of furan rings is 1. The standard InChI is InChI=1S/C17H30N2O/c1-12(2)8-18-9-17-7-16(14(4)20-17)11-19(5)10-15-6-13(15)3/h7,12-13,15,18H,6,8-11H2,1-5H3. The normalized spacial score (nSPS) is 21.9. The second-order valence-electron chi connectivity index (χ2n) is 6.99. The summed E-state index contributed by atoms with van der Waals surface area (Å²) in [6, 6.07) is 2.22. The van der Waals surface area contributed by atoms with Crippen molar-refractivity contribution < 1.29 is 4.42 Å². The van der Waals surface area contributed by atoms with Crippen LogP contribution in [0.25, 0.3) is 0 Å². The van der Waals surface area contributed by atoms with E-state index in [-0.39, 0.29) is 0 Å². The van der Waals surface area contributed by atoms with Gasteiger partial charge in [-0.1, -0.05) is 20.8 Å². The van der Waals surface area contributed by atoms with Crippen molar-refractivity contribution in [3.8, 4) is 0 Å². The SMILES string of the molecule is Cc1oc(CNCC(C)C)cc1CN(C)CC1CC1C. The zero-order valence-corrected chi connectivity index (χ0v) is 13.7. The molecule has 0 amide bonds. The van der Waals surface area contributed by atoms with Crippen LogP contribution in [0.5, 0.6) is 0 Å². The molecule has 2 unspecified atom stereocenters. The Labute approximate surface area is 123 Å². The van der Waals surface area contributed by atoms with E-state index >= 15 is 0 Å². The van der Waals surface area contributed by atoms with Crippen LogP contribution < -0.4 is 5.32 Å². The topological polar surface area (TPSA) is 28.4 Å². The van der Waals surface area contributed by atoms with Crippen molar-refractivity contribution in [1.82, 2.24) is 10.2 Å². The molecule has 1 saturated carbocycles. The van der Waals surface area contributed by atoms with Gasteiger partial charge in [0.15, 0.2) is 0 Å². The smallest absolute Gasteiger partial charge is 0.118 e. The molecule has 1 heterocycles. The molecule has 0 saturated heterocycles. The zero-order valence-electron chi connectivity index (χ0n) is 13.7. The van der Waals surface area contributed by atoms with Crippen molar-refractivity contribution in [1.29, 1.82) is 0 Å². The molecule has 2 atom stereocenters. The summed E-state index contributed by atoms with van der Waals surface area (Å²) in [6.07, 6.45) is 1.40. The number of rotatable bonds is 8. The number of hydrogen-bond acceptors (Lipinski definition) is 3. The first-order valence-electron chi connectivity index (χ1n) is 7.93. The van der Waals surface area contributed by atoms with E-state index in [0.717, 1.165) is 43.0 Å². The van der Waals surface area contributed by atoms with Crippen molar-refractivity contribution in [2.75, 3.05) is 20.1 Å². The lowest BCUT2D eigenvalue weighted by atomic mass is 10.2. The van der Waals surface area contributed by atoms with E-state index in [2.05, 4.69) is 51.0 Å². The van der Waals surface area contributed by atoms with Gasteiger partial charge in [0.25, 0.3) is 0 Å². The molecule has 0 radical (unpaired) electrons. The summed E-state index contributed by atoms with van der Waals surface area (Å²) in [4.78, 5) is 2.43. The quantitative estimate of drug-likeness (QED) is 0.790. The van der Waals surface area contributed by atoms with Gasteiger partial charge in [-0.2, -0.15) is 0 Å². The maximum absolute atomic E-state index is 5.85. The van der Waals surface area contributed by atoms with E-state index in [9.17, 15) is 0 Å². The van der Waals surface area contributed by atoms with Crippen LogP contribution in [0.15, 0.2) is 10.5 Å². The van der Waals surface area contributed by atoms with Crippen LogP contribution >= 0.6 is 0 Å². The van der Waals surface area contributed by atoms with Gasteiger partial charge >= 0.3 is 0 Å². The third-order valence-corrected chi connectivity index (χ3v) is 4.19. The summed E-state index contributed by atoms with van der Waals surface area (Å²) in [5.41, 5.74) is 1.34. The first kappa shape index (κ1) is 15.6. The highest BCUT2D eigenvalue weighted by Gasteiger charge is 2.33. The lowest BCUT2D eigenvalue weighted by Crippen LogP contribution is -2.21. The van der Waals surface area contributed by atoms with E-state index < -0.39 is 0 Å². The van der Waals surface area contributed by atoms with Crippen LogP contribution in [0.2, 0.25) is 0 Å². The molecule has 0 aromatic carbocycles. The fourth-order valence-electron chi connectivity index (χ4n) is 2.72. The van der Waals surface area contributed by atoms with Gasteiger partial charge in [-0.25, -0.2) is 0 Å². The average molecular weight is 278 g/mol. The number of nitrogens with one attached hydrogen (secondary N) is 1. The van der Waals surface area contributed by atoms with Crippen LogP contribution in [0.1, 0.15) is 44.3 Å². The van der Waals surface area contributed by atoms with Crippen molar-refractivity contribution in [3.63, 3.8) is 0 Å². The Morgan fingerprint density at radius 1 is 1.45 bits per heavy atom. The van der Waals surface area contributed by atoms with Crippen LogP contribution in [0.4, 0.5) is 0 Å². The van der Waals surface area contributed by atoms with Gasteiger partial charge in [0.05, 0.1) is 6.54 Å². The Balaban J connectivity index is 1.80. The molecule has 3 heteroatoms. The Hall–Kier alpha value is -0.800. The molecule has 0 spiro atoms. The van der Waals surface area contributed by atoms with E-state index in [0.29, 0.717) is 5.92 Å². The van der Waals surface area contributed by atoms with E-state index in [4.69, 9.17) is 4.42 Å². The zero-order chi connectivity index (χ0) is 14.7. The third kappa shape index (κ3) is 4.64. The molecular formula is C17H30N2O. The molecule has 0 bridgehead atoms. The van der Waals surface area contributed by atoms with Gasteiger partial charge in [0.1, 0.15) is 11.5 Å². The molecule has 1 aliphatic rings. The molecule has 2 rings (SSSR count).